The molecule has 0 unspecified atom stereocenters. The van der Waals surface area contributed by atoms with Gasteiger partial charge in [0, 0.05) is 0 Å². The van der Waals surface area contributed by atoms with E-state index in [1.807, 2.05) is 0 Å². The summed E-state index contributed by atoms with van der Waals surface area (Å²) < 4.78 is 0. The molecule has 0 aromatic heterocycles. The summed E-state index contributed by atoms with van der Waals surface area (Å²) in [4.78, 5) is 0. The molecule has 0 nitrogen and oxygen atoms in total. The van der Waals surface area contributed by atoms with Crippen LogP contribution in [0.5, 0.6) is 0 Å². The molecule has 0 aromatic carbocycles. The van der Waals surface area contributed by atoms with Gasteiger partial charge >= 0.3 is 0 Å². The van der Waals surface area contributed by atoms with Gasteiger partial charge in [0.15, 0.2) is 0 Å². The highest BCUT2D eigenvalue weighted by molar-refractivity contribution is 5.21. The maximum Gasteiger partial charge on any atom is -0.0227 e. The van der Waals surface area contributed by atoms with Crippen LogP contribution >= 0.6 is 0 Å². The lowest BCUT2D eigenvalue weighted by molar-refractivity contribution is 0.427. The molecule has 0 rings (SSSR count). The predicted molar refractivity (Wildman–Crippen MR) is 186 cm³/mol. The van der Waals surface area contributed by atoms with Crippen LogP contribution in [0.15, 0.2) is 71.4 Å². The van der Waals surface area contributed by atoms with E-state index >= 15 is 0 Å². The van der Waals surface area contributed by atoms with Crippen molar-refractivity contribution < 1.29 is 0 Å². The molecule has 5 atom stereocenters. The third-order valence-electron chi connectivity index (χ3n) is 8.14. The Balaban J connectivity index is 4.05. The number of rotatable bonds is 23. The average molecular weight is 551 g/mol. The first kappa shape index (κ1) is 38.4. The summed E-state index contributed by atoms with van der Waals surface area (Å²) >= 11 is 0. The van der Waals surface area contributed by atoms with Crippen LogP contribution in [0, 0.1) is 29.6 Å². The van der Waals surface area contributed by atoms with Gasteiger partial charge in [-0.15, -0.1) is 0 Å². The lowest BCUT2D eigenvalue weighted by atomic mass is 9.93. The van der Waals surface area contributed by atoms with Crippen LogP contribution < -0.4 is 0 Å². The largest absolute Gasteiger partial charge is 0.0880 e. The zero-order valence-corrected chi connectivity index (χ0v) is 28.8. The van der Waals surface area contributed by atoms with E-state index in [1.165, 1.54) is 93.8 Å². The molecular formula is C40H70. The summed E-state index contributed by atoms with van der Waals surface area (Å²) in [6.45, 7) is 23.0. The SMILES string of the molecule is CC(C)=CCC[C@@H](C)CCC[C@@H](C)C/C=C/C(C)=C/C=C/C[C@@H](C)/C=C/C[C@@H](C)CCC[C@@H](C)CCC=C(C)C. The van der Waals surface area contributed by atoms with Gasteiger partial charge in [-0.25, -0.2) is 0 Å². The van der Waals surface area contributed by atoms with Crippen molar-refractivity contribution in [3.63, 3.8) is 0 Å². The smallest absolute Gasteiger partial charge is 0.0227 e. The van der Waals surface area contributed by atoms with Crippen molar-refractivity contribution in [3.05, 3.63) is 71.4 Å². The third kappa shape index (κ3) is 26.7. The van der Waals surface area contributed by atoms with Gasteiger partial charge in [-0.3, -0.25) is 0 Å². The van der Waals surface area contributed by atoms with E-state index in [0.717, 1.165) is 30.1 Å². The summed E-state index contributed by atoms with van der Waals surface area (Å²) in [7, 11) is 0. The second-order valence-corrected chi connectivity index (χ2v) is 13.9. The fourth-order valence-electron chi connectivity index (χ4n) is 5.14. The highest BCUT2D eigenvalue weighted by Gasteiger charge is 2.06. The van der Waals surface area contributed by atoms with E-state index in [1.54, 1.807) is 0 Å². The van der Waals surface area contributed by atoms with Crippen LogP contribution in [0.1, 0.15) is 153 Å². The monoisotopic (exact) mass is 551 g/mol. The normalized spacial score (nSPS) is 16.4. The standard InChI is InChI=1S/C40H70/c1-33(2)19-13-23-37(7)27-17-31-39(9)29-15-25-35(5)21-11-12-22-36(6)26-16-30-40(10)32-18-28-38(8)24-14-20-34(3)4/h11-12,15-16,19-21,25-26,36-40H,13-14,17-18,22-24,27-32H2,1-10H3/b12-11+,25-15+,26-16+,35-21+/t36-,37-,38+,39+,40-/m1/s1. The van der Waals surface area contributed by atoms with Crippen LogP contribution in [0.2, 0.25) is 0 Å². The average Bonchev–Trinajstić information content (AvgIpc) is 2.86. The van der Waals surface area contributed by atoms with E-state index in [2.05, 4.69) is 124 Å². The van der Waals surface area contributed by atoms with Crippen LogP contribution in [0.4, 0.5) is 0 Å². The molecule has 0 spiro atoms. The van der Waals surface area contributed by atoms with Crippen LogP contribution in [-0.4, -0.2) is 0 Å². The minimum absolute atomic E-state index is 0.610. The van der Waals surface area contributed by atoms with Gasteiger partial charge < -0.3 is 0 Å². The Morgan fingerprint density at radius 3 is 1.50 bits per heavy atom. The maximum atomic E-state index is 2.43. The fraction of sp³-hybridized carbons (Fsp3) is 0.700. The van der Waals surface area contributed by atoms with Gasteiger partial charge in [0.25, 0.3) is 0 Å². The van der Waals surface area contributed by atoms with Gasteiger partial charge in [-0.05, 0) is 109 Å². The molecule has 40 heavy (non-hydrogen) atoms. The van der Waals surface area contributed by atoms with Crippen molar-refractivity contribution in [3.8, 4) is 0 Å². The van der Waals surface area contributed by atoms with Crippen molar-refractivity contribution in [2.45, 2.75) is 153 Å². The lowest BCUT2D eigenvalue weighted by Gasteiger charge is -2.13. The van der Waals surface area contributed by atoms with Crippen molar-refractivity contribution in [1.82, 2.24) is 0 Å². The topological polar surface area (TPSA) is 0 Å². The molecule has 0 bridgehead atoms. The minimum atomic E-state index is 0.610. The summed E-state index contributed by atoms with van der Waals surface area (Å²) in [6.07, 6.45) is 38.0. The second-order valence-electron chi connectivity index (χ2n) is 13.9. The Morgan fingerprint density at radius 1 is 0.525 bits per heavy atom. The van der Waals surface area contributed by atoms with Crippen LogP contribution in [-0.2, 0) is 0 Å². The number of hydrogen-bond donors (Lipinski definition) is 0. The predicted octanol–water partition coefficient (Wildman–Crippen LogP) is 13.8. The number of hydrogen-bond acceptors (Lipinski definition) is 0. The fourth-order valence-corrected chi connectivity index (χ4v) is 5.14. The van der Waals surface area contributed by atoms with Gasteiger partial charge in [-0.2, -0.15) is 0 Å². The molecular weight excluding hydrogens is 480 g/mol. The van der Waals surface area contributed by atoms with E-state index in [0.29, 0.717) is 5.92 Å². The van der Waals surface area contributed by atoms with Gasteiger partial charge in [-0.1, -0.05) is 145 Å². The molecule has 0 aliphatic carbocycles. The van der Waals surface area contributed by atoms with Crippen molar-refractivity contribution in [2.75, 3.05) is 0 Å². The molecule has 0 saturated heterocycles. The zero-order valence-electron chi connectivity index (χ0n) is 28.8. The molecule has 0 N–H and O–H groups in total. The molecule has 0 aromatic rings. The van der Waals surface area contributed by atoms with Crippen molar-refractivity contribution >= 4 is 0 Å². The molecule has 0 aliphatic rings. The second kappa shape index (κ2) is 25.2. The Morgan fingerprint density at radius 2 is 1.00 bits per heavy atom. The molecule has 230 valence electrons. The molecule has 0 aliphatic heterocycles. The first-order valence-electron chi connectivity index (χ1n) is 16.9. The van der Waals surface area contributed by atoms with Crippen LogP contribution in [0.25, 0.3) is 0 Å². The molecule has 0 heterocycles. The Kier molecular flexibility index (Phi) is 24.2. The van der Waals surface area contributed by atoms with E-state index in [-0.39, 0.29) is 0 Å². The minimum Gasteiger partial charge on any atom is -0.0880 e. The van der Waals surface area contributed by atoms with E-state index < -0.39 is 0 Å². The Bertz CT molecular complexity index is 775. The molecule has 0 heteroatoms. The van der Waals surface area contributed by atoms with Crippen molar-refractivity contribution in [1.29, 1.82) is 0 Å². The van der Waals surface area contributed by atoms with E-state index in [9.17, 15) is 0 Å². The Labute approximate surface area is 253 Å². The number of allylic oxidation sites excluding steroid dienone is 12. The first-order valence-corrected chi connectivity index (χ1v) is 16.9. The summed E-state index contributed by atoms with van der Waals surface area (Å²) in [5, 5.41) is 0. The molecule has 0 amide bonds. The quantitative estimate of drug-likeness (QED) is 0.0876. The van der Waals surface area contributed by atoms with Gasteiger partial charge in [0.05, 0.1) is 0 Å². The van der Waals surface area contributed by atoms with Gasteiger partial charge in [0.1, 0.15) is 0 Å². The highest BCUT2D eigenvalue weighted by atomic mass is 14.1. The summed E-state index contributed by atoms with van der Waals surface area (Å²) in [5.74, 6) is 3.89. The summed E-state index contributed by atoms with van der Waals surface area (Å²) in [6, 6.07) is 0. The first-order chi connectivity index (χ1) is 19.0. The molecule has 0 radical (unpaired) electrons. The zero-order chi connectivity index (χ0) is 30.2. The van der Waals surface area contributed by atoms with Crippen LogP contribution in [0.3, 0.4) is 0 Å². The Hall–Kier alpha value is -1.56. The third-order valence-corrected chi connectivity index (χ3v) is 8.14. The lowest BCUT2D eigenvalue weighted by Crippen LogP contribution is -1.98. The van der Waals surface area contributed by atoms with Gasteiger partial charge in [0.2, 0.25) is 0 Å². The maximum absolute atomic E-state index is 2.43. The van der Waals surface area contributed by atoms with E-state index in [4.69, 9.17) is 0 Å². The molecule has 0 saturated carbocycles. The summed E-state index contributed by atoms with van der Waals surface area (Å²) in [5.41, 5.74) is 4.25. The van der Waals surface area contributed by atoms with Crippen molar-refractivity contribution in [2.24, 2.45) is 29.6 Å². The molecule has 0 fully saturated rings. The highest BCUT2D eigenvalue weighted by Crippen LogP contribution is 2.21.